The molecule has 2 aliphatic rings. The second-order valence-corrected chi connectivity index (χ2v) is 8.53. The fourth-order valence-corrected chi connectivity index (χ4v) is 4.48. The summed E-state index contributed by atoms with van der Waals surface area (Å²) in [6, 6.07) is 0. The second-order valence-electron chi connectivity index (χ2n) is 5.71. The molecule has 0 N–H and O–H groups in total. The Hall–Kier alpha value is 0.200. The predicted molar refractivity (Wildman–Crippen MR) is 68.7 cm³/mol. The summed E-state index contributed by atoms with van der Waals surface area (Å²) in [6.07, 6.45) is 6.61. The van der Waals surface area contributed by atoms with E-state index in [1.165, 1.54) is 19.3 Å². The minimum Gasteiger partial charge on any atom is -0.377 e. The van der Waals surface area contributed by atoms with E-state index in [1.54, 1.807) is 0 Å². The van der Waals surface area contributed by atoms with Crippen LogP contribution < -0.4 is 0 Å². The maximum atomic E-state index is 11.2. The number of rotatable bonds is 2. The third-order valence-electron chi connectivity index (χ3n) is 4.46. The van der Waals surface area contributed by atoms with Crippen LogP contribution in [0.4, 0.5) is 0 Å². The summed E-state index contributed by atoms with van der Waals surface area (Å²) in [5.74, 6) is 0.728. The Kier molecular flexibility index (Phi) is 4.06. The highest BCUT2D eigenvalue weighted by Crippen LogP contribution is 2.47. The molecule has 0 aromatic heterocycles. The third kappa shape index (κ3) is 3.36. The minimum atomic E-state index is -3.46. The van der Waals surface area contributed by atoms with Crippen LogP contribution in [0.2, 0.25) is 0 Å². The largest absolute Gasteiger partial charge is 0.377 e. The number of hydrogen-bond acceptors (Lipinski definition) is 3. The van der Waals surface area contributed by atoms with Crippen molar-refractivity contribution in [3.63, 3.8) is 0 Å². The highest BCUT2D eigenvalue weighted by Gasteiger charge is 2.45. The van der Waals surface area contributed by atoms with Gasteiger partial charge < -0.3 is 4.74 Å². The van der Waals surface area contributed by atoms with Crippen LogP contribution in [0.3, 0.4) is 0 Å². The Morgan fingerprint density at radius 1 is 1.29 bits per heavy atom. The third-order valence-corrected chi connectivity index (χ3v) is 5.54. The maximum Gasteiger partial charge on any atom is 0.235 e. The zero-order valence-electron chi connectivity index (χ0n) is 10.3. The molecule has 0 aromatic rings. The van der Waals surface area contributed by atoms with E-state index in [2.05, 4.69) is 6.92 Å². The van der Waals surface area contributed by atoms with E-state index in [0.29, 0.717) is 6.61 Å². The Bertz CT molecular complexity index is 368. The Labute approximate surface area is 108 Å². The number of ether oxygens (including phenoxy) is 1. The van der Waals surface area contributed by atoms with Crippen LogP contribution >= 0.6 is 10.7 Å². The summed E-state index contributed by atoms with van der Waals surface area (Å²) in [5, 5.41) is 0. The van der Waals surface area contributed by atoms with Gasteiger partial charge in [-0.1, -0.05) is 26.2 Å². The lowest BCUT2D eigenvalue weighted by atomic mass is 9.75. The molecule has 3 unspecified atom stereocenters. The van der Waals surface area contributed by atoms with Gasteiger partial charge in [0.1, 0.15) is 0 Å². The topological polar surface area (TPSA) is 43.4 Å². The maximum absolute atomic E-state index is 11.2. The van der Waals surface area contributed by atoms with E-state index in [0.717, 1.165) is 25.2 Å². The van der Waals surface area contributed by atoms with Gasteiger partial charge in [-0.2, -0.15) is 0 Å². The summed E-state index contributed by atoms with van der Waals surface area (Å²) in [5.41, 5.74) is 0.0761. The van der Waals surface area contributed by atoms with Crippen molar-refractivity contribution in [2.45, 2.75) is 51.6 Å². The highest BCUT2D eigenvalue weighted by molar-refractivity contribution is 8.13. The average molecular weight is 281 g/mol. The summed E-state index contributed by atoms with van der Waals surface area (Å²) in [6.45, 7) is 2.97. The van der Waals surface area contributed by atoms with Gasteiger partial charge >= 0.3 is 0 Å². The lowest BCUT2D eigenvalue weighted by molar-refractivity contribution is 0.0573. The van der Waals surface area contributed by atoms with E-state index < -0.39 is 9.05 Å². The van der Waals surface area contributed by atoms with Crippen LogP contribution in [0, 0.1) is 11.3 Å². The molecule has 5 heteroatoms. The molecule has 3 nitrogen and oxygen atoms in total. The molecule has 0 amide bonds. The molecule has 1 saturated carbocycles. The number of hydrogen-bond donors (Lipinski definition) is 0. The monoisotopic (exact) mass is 280 g/mol. The first-order chi connectivity index (χ1) is 7.91. The summed E-state index contributed by atoms with van der Waals surface area (Å²) in [7, 11) is 1.92. The molecule has 0 aromatic carbocycles. The van der Waals surface area contributed by atoms with Crippen molar-refractivity contribution in [1.29, 1.82) is 0 Å². The predicted octanol–water partition coefficient (Wildman–Crippen LogP) is 2.93. The van der Waals surface area contributed by atoms with Gasteiger partial charge in [-0.25, -0.2) is 8.42 Å². The molecule has 1 aliphatic carbocycles. The highest BCUT2D eigenvalue weighted by atomic mass is 35.7. The van der Waals surface area contributed by atoms with E-state index in [-0.39, 0.29) is 17.3 Å². The van der Waals surface area contributed by atoms with E-state index in [9.17, 15) is 8.42 Å². The zero-order valence-corrected chi connectivity index (χ0v) is 11.9. The van der Waals surface area contributed by atoms with Crippen molar-refractivity contribution in [2.75, 3.05) is 12.4 Å². The van der Waals surface area contributed by atoms with Gasteiger partial charge in [0.2, 0.25) is 9.05 Å². The molecule has 1 saturated heterocycles. The lowest BCUT2D eigenvalue weighted by Gasteiger charge is -2.32. The van der Waals surface area contributed by atoms with E-state index in [4.69, 9.17) is 15.4 Å². The molecule has 2 fully saturated rings. The van der Waals surface area contributed by atoms with Crippen LogP contribution in [0.25, 0.3) is 0 Å². The Balaban J connectivity index is 2.11. The molecular formula is C12H21ClO3S. The van der Waals surface area contributed by atoms with Gasteiger partial charge in [-0.15, -0.1) is 0 Å². The first-order valence-corrected chi connectivity index (χ1v) is 8.93. The van der Waals surface area contributed by atoms with Crippen LogP contribution in [-0.2, 0) is 13.8 Å². The van der Waals surface area contributed by atoms with Gasteiger partial charge in [-0.05, 0) is 30.6 Å². The van der Waals surface area contributed by atoms with Crippen molar-refractivity contribution in [1.82, 2.24) is 0 Å². The normalized spacial score (nSPS) is 39.4. The van der Waals surface area contributed by atoms with Crippen molar-refractivity contribution in [3.05, 3.63) is 0 Å². The van der Waals surface area contributed by atoms with Gasteiger partial charge in [0.05, 0.1) is 11.9 Å². The zero-order chi connectivity index (χ0) is 12.5. The lowest BCUT2D eigenvalue weighted by Crippen LogP contribution is -2.35. The summed E-state index contributed by atoms with van der Waals surface area (Å²) < 4.78 is 28.1. The fraction of sp³-hybridized carbons (Fsp3) is 1.00. The standard InChI is InChI=1S/C12H21ClO3S/c1-10-3-2-5-12(6-4-10)7-8-16-11(12)9-17(13,14)15/h10-11H,2-9H2,1H3. The molecular weight excluding hydrogens is 260 g/mol. The molecule has 1 spiro atoms. The molecule has 0 radical (unpaired) electrons. The minimum absolute atomic E-state index is 0.0249. The molecule has 1 aliphatic heterocycles. The SMILES string of the molecule is CC1CCCC2(CCOC2CS(=O)(=O)Cl)CC1. The first-order valence-electron chi connectivity index (χ1n) is 6.45. The van der Waals surface area contributed by atoms with Crippen molar-refractivity contribution >= 4 is 19.7 Å². The molecule has 0 bridgehead atoms. The smallest absolute Gasteiger partial charge is 0.235 e. The van der Waals surface area contributed by atoms with Gasteiger partial charge in [0.25, 0.3) is 0 Å². The molecule has 17 heavy (non-hydrogen) atoms. The summed E-state index contributed by atoms with van der Waals surface area (Å²) in [4.78, 5) is 0. The fourth-order valence-electron chi connectivity index (χ4n) is 3.33. The van der Waals surface area contributed by atoms with Crippen LogP contribution in [-0.4, -0.2) is 26.9 Å². The Morgan fingerprint density at radius 2 is 2.06 bits per heavy atom. The molecule has 3 atom stereocenters. The Morgan fingerprint density at radius 3 is 2.76 bits per heavy atom. The molecule has 2 rings (SSSR count). The second kappa shape index (κ2) is 5.06. The van der Waals surface area contributed by atoms with Gasteiger partial charge in [-0.3, -0.25) is 0 Å². The first kappa shape index (κ1) is 13.6. The quantitative estimate of drug-likeness (QED) is 0.731. The number of halogens is 1. The van der Waals surface area contributed by atoms with Crippen molar-refractivity contribution < 1.29 is 13.2 Å². The van der Waals surface area contributed by atoms with Crippen LogP contribution in [0.1, 0.15) is 45.4 Å². The van der Waals surface area contributed by atoms with Gasteiger partial charge in [0, 0.05) is 17.3 Å². The van der Waals surface area contributed by atoms with Crippen molar-refractivity contribution in [2.24, 2.45) is 11.3 Å². The summed E-state index contributed by atoms with van der Waals surface area (Å²) >= 11 is 0. The van der Waals surface area contributed by atoms with Crippen molar-refractivity contribution in [3.8, 4) is 0 Å². The average Bonchev–Trinajstić information content (AvgIpc) is 2.45. The van der Waals surface area contributed by atoms with E-state index >= 15 is 0 Å². The van der Waals surface area contributed by atoms with Crippen LogP contribution in [0.15, 0.2) is 0 Å². The molecule has 100 valence electrons. The molecule has 1 heterocycles. The van der Waals surface area contributed by atoms with Gasteiger partial charge in [0.15, 0.2) is 0 Å². The van der Waals surface area contributed by atoms with E-state index in [1.807, 2.05) is 0 Å². The van der Waals surface area contributed by atoms with Crippen LogP contribution in [0.5, 0.6) is 0 Å².